The number of aryl methyl sites for hydroxylation is 1. The van der Waals surface area contributed by atoms with Crippen LogP contribution >= 0.6 is 11.3 Å². The summed E-state index contributed by atoms with van der Waals surface area (Å²) in [4.78, 5) is 12.3. The van der Waals surface area contributed by atoms with Crippen LogP contribution in [0.5, 0.6) is 5.75 Å². The maximum Gasteiger partial charge on any atom is 0.319 e. The molecule has 22 heavy (non-hydrogen) atoms. The molecule has 2 amide bonds. The van der Waals surface area contributed by atoms with Crippen LogP contribution < -0.4 is 15.4 Å². The first-order valence-electron chi connectivity index (χ1n) is 7.33. The lowest BCUT2D eigenvalue weighted by molar-refractivity contribution is 0.0683. The van der Waals surface area contributed by atoms with E-state index in [-0.39, 0.29) is 17.7 Å². The summed E-state index contributed by atoms with van der Waals surface area (Å²) in [6.07, 6.45) is 0.736. The molecule has 1 aromatic carbocycles. The Balaban J connectivity index is 1.77. The molecule has 3 rings (SSSR count). The highest BCUT2D eigenvalue weighted by Crippen LogP contribution is 2.39. The van der Waals surface area contributed by atoms with Crippen LogP contribution in [-0.4, -0.2) is 11.6 Å². The fourth-order valence-corrected chi connectivity index (χ4v) is 3.52. The zero-order valence-electron chi connectivity index (χ0n) is 13.0. The molecule has 2 heterocycles. The van der Waals surface area contributed by atoms with Crippen LogP contribution in [0.1, 0.15) is 37.4 Å². The van der Waals surface area contributed by atoms with Crippen LogP contribution in [0.15, 0.2) is 35.0 Å². The molecule has 0 radical (unpaired) electrons. The minimum Gasteiger partial charge on any atom is -0.487 e. The molecule has 1 unspecified atom stereocenters. The van der Waals surface area contributed by atoms with Gasteiger partial charge in [-0.1, -0.05) is 18.2 Å². The molecule has 1 aliphatic heterocycles. The van der Waals surface area contributed by atoms with E-state index < -0.39 is 0 Å². The molecule has 0 aliphatic carbocycles. The van der Waals surface area contributed by atoms with E-state index >= 15 is 0 Å². The summed E-state index contributed by atoms with van der Waals surface area (Å²) in [5.41, 5.74) is 2.67. The third kappa shape index (κ3) is 3.09. The first-order chi connectivity index (χ1) is 10.4. The molecule has 5 heteroatoms. The van der Waals surface area contributed by atoms with Crippen LogP contribution in [0.4, 0.5) is 10.5 Å². The number of rotatable bonds is 2. The first kappa shape index (κ1) is 14.9. The fourth-order valence-electron chi connectivity index (χ4n) is 2.74. The largest absolute Gasteiger partial charge is 0.487 e. The van der Waals surface area contributed by atoms with Crippen molar-refractivity contribution in [1.29, 1.82) is 0 Å². The Bertz CT molecular complexity index is 693. The monoisotopic (exact) mass is 316 g/mol. The second-order valence-electron chi connectivity index (χ2n) is 6.22. The third-order valence-electron chi connectivity index (χ3n) is 3.79. The van der Waals surface area contributed by atoms with Crippen molar-refractivity contribution in [2.45, 2.75) is 38.8 Å². The van der Waals surface area contributed by atoms with E-state index in [0.29, 0.717) is 0 Å². The standard InChI is InChI=1S/C17H20N2O2S/c1-11-9-22-10-14(11)19-16(20)18-13-8-17(2,3)21-15-7-5-4-6-12(13)15/h4-7,9-10,13H,8H2,1-3H3,(H2,18,19,20). The van der Waals surface area contributed by atoms with Crippen molar-refractivity contribution in [2.75, 3.05) is 5.32 Å². The third-order valence-corrected chi connectivity index (χ3v) is 4.65. The Kier molecular flexibility index (Phi) is 3.83. The summed E-state index contributed by atoms with van der Waals surface area (Å²) in [6, 6.07) is 7.64. The first-order valence-corrected chi connectivity index (χ1v) is 8.27. The summed E-state index contributed by atoms with van der Waals surface area (Å²) >= 11 is 1.58. The number of urea groups is 1. The van der Waals surface area contributed by atoms with E-state index in [9.17, 15) is 4.79 Å². The highest BCUT2D eigenvalue weighted by Gasteiger charge is 2.34. The number of carbonyl (C=O) groups is 1. The predicted octanol–water partition coefficient (Wildman–Crippen LogP) is 4.48. The van der Waals surface area contributed by atoms with Crippen LogP contribution in [0.2, 0.25) is 0 Å². The number of carbonyl (C=O) groups excluding carboxylic acids is 1. The van der Waals surface area contributed by atoms with Gasteiger partial charge in [-0.05, 0) is 37.8 Å². The molecule has 0 fully saturated rings. The van der Waals surface area contributed by atoms with Gasteiger partial charge in [0.1, 0.15) is 11.4 Å². The van der Waals surface area contributed by atoms with Gasteiger partial charge in [0.25, 0.3) is 0 Å². The average Bonchev–Trinajstić information content (AvgIpc) is 2.83. The Labute approximate surface area is 134 Å². The lowest BCUT2D eigenvalue weighted by Crippen LogP contribution is -2.42. The second kappa shape index (κ2) is 5.65. The highest BCUT2D eigenvalue weighted by molar-refractivity contribution is 7.08. The summed E-state index contributed by atoms with van der Waals surface area (Å²) in [6.45, 7) is 6.07. The van der Waals surface area contributed by atoms with Crippen molar-refractivity contribution in [3.63, 3.8) is 0 Å². The maximum atomic E-state index is 12.3. The number of amides is 2. The molecule has 2 N–H and O–H groups in total. The van der Waals surface area contributed by atoms with Gasteiger partial charge >= 0.3 is 6.03 Å². The molecule has 116 valence electrons. The van der Waals surface area contributed by atoms with Gasteiger partial charge in [-0.3, -0.25) is 0 Å². The number of thiophene rings is 1. The number of nitrogens with one attached hydrogen (secondary N) is 2. The Hall–Kier alpha value is -2.01. The number of hydrogen-bond donors (Lipinski definition) is 2. The van der Waals surface area contributed by atoms with Crippen LogP contribution in [-0.2, 0) is 0 Å². The smallest absolute Gasteiger partial charge is 0.319 e. The molecule has 4 nitrogen and oxygen atoms in total. The second-order valence-corrected chi connectivity index (χ2v) is 6.97. The maximum absolute atomic E-state index is 12.3. The Morgan fingerprint density at radius 1 is 1.32 bits per heavy atom. The predicted molar refractivity (Wildman–Crippen MR) is 89.7 cm³/mol. The van der Waals surface area contributed by atoms with Crippen molar-refractivity contribution in [3.05, 3.63) is 46.2 Å². The van der Waals surface area contributed by atoms with E-state index in [0.717, 1.165) is 29.0 Å². The number of hydrogen-bond acceptors (Lipinski definition) is 3. The summed E-state index contributed by atoms with van der Waals surface area (Å²) in [5, 5.41) is 9.94. The van der Waals surface area contributed by atoms with E-state index in [4.69, 9.17) is 4.74 Å². The molecular formula is C17H20N2O2S. The molecule has 1 aliphatic rings. The van der Waals surface area contributed by atoms with Crippen molar-refractivity contribution < 1.29 is 9.53 Å². The van der Waals surface area contributed by atoms with Crippen molar-refractivity contribution in [1.82, 2.24) is 5.32 Å². The molecule has 2 aromatic rings. The van der Waals surface area contributed by atoms with Crippen molar-refractivity contribution in [2.24, 2.45) is 0 Å². The van der Waals surface area contributed by atoms with Gasteiger partial charge in [0, 0.05) is 17.4 Å². The van der Waals surface area contributed by atoms with Gasteiger partial charge in [-0.2, -0.15) is 0 Å². The molecule has 0 spiro atoms. The molecule has 0 bridgehead atoms. The van der Waals surface area contributed by atoms with Gasteiger partial charge in [0.2, 0.25) is 0 Å². The highest BCUT2D eigenvalue weighted by atomic mass is 32.1. The Morgan fingerprint density at radius 2 is 2.09 bits per heavy atom. The minimum atomic E-state index is -0.301. The van der Waals surface area contributed by atoms with Crippen LogP contribution in [0.25, 0.3) is 0 Å². The molecule has 1 atom stereocenters. The number of para-hydroxylation sites is 1. The summed E-state index contributed by atoms with van der Waals surface area (Å²) in [7, 11) is 0. The zero-order valence-corrected chi connectivity index (χ0v) is 13.8. The fraction of sp³-hybridized carbons (Fsp3) is 0.353. The topological polar surface area (TPSA) is 50.4 Å². The van der Waals surface area contributed by atoms with Gasteiger partial charge < -0.3 is 15.4 Å². The van der Waals surface area contributed by atoms with E-state index in [1.54, 1.807) is 11.3 Å². The average molecular weight is 316 g/mol. The summed E-state index contributed by atoms with van der Waals surface area (Å²) < 4.78 is 5.99. The van der Waals surface area contributed by atoms with Crippen molar-refractivity contribution >= 4 is 23.1 Å². The number of benzene rings is 1. The zero-order chi connectivity index (χ0) is 15.7. The molecule has 1 aromatic heterocycles. The van der Waals surface area contributed by atoms with Gasteiger partial charge in [-0.15, -0.1) is 11.3 Å². The summed E-state index contributed by atoms with van der Waals surface area (Å²) in [5.74, 6) is 0.843. The lowest BCUT2D eigenvalue weighted by Gasteiger charge is -2.37. The SMILES string of the molecule is Cc1cscc1NC(=O)NC1CC(C)(C)Oc2ccccc21. The van der Waals surface area contributed by atoms with Gasteiger partial charge in [0.05, 0.1) is 11.7 Å². The van der Waals surface area contributed by atoms with Crippen LogP contribution in [0.3, 0.4) is 0 Å². The lowest BCUT2D eigenvalue weighted by atomic mass is 9.90. The number of fused-ring (bicyclic) bond motifs is 1. The number of anilines is 1. The van der Waals surface area contributed by atoms with E-state index in [1.807, 2.05) is 55.8 Å². The van der Waals surface area contributed by atoms with E-state index in [1.165, 1.54) is 0 Å². The molecule has 0 saturated carbocycles. The molecular weight excluding hydrogens is 296 g/mol. The van der Waals surface area contributed by atoms with Crippen molar-refractivity contribution in [3.8, 4) is 5.75 Å². The minimum absolute atomic E-state index is 0.0566. The molecule has 0 saturated heterocycles. The number of ether oxygens (including phenoxy) is 1. The quantitative estimate of drug-likeness (QED) is 0.858. The normalized spacial score (nSPS) is 19.0. The Morgan fingerprint density at radius 3 is 2.82 bits per heavy atom. The van der Waals surface area contributed by atoms with Crippen LogP contribution in [0, 0.1) is 6.92 Å². The van der Waals surface area contributed by atoms with Gasteiger partial charge in [-0.25, -0.2) is 4.79 Å². The van der Waals surface area contributed by atoms with Gasteiger partial charge in [0.15, 0.2) is 0 Å². The van der Waals surface area contributed by atoms with E-state index in [2.05, 4.69) is 10.6 Å².